The Hall–Kier alpha value is -1.79. The Morgan fingerprint density at radius 2 is 2.00 bits per heavy atom. The van der Waals surface area contributed by atoms with Gasteiger partial charge in [-0.1, -0.05) is 6.07 Å². The maximum absolute atomic E-state index is 8.78. The summed E-state index contributed by atoms with van der Waals surface area (Å²) in [5.74, 6) is 0. The largest absolute Gasteiger partial charge is 0.398 e. The Kier molecular flexibility index (Phi) is 2.67. The second kappa shape index (κ2) is 3.99. The van der Waals surface area contributed by atoms with Crippen molar-refractivity contribution >= 4 is 17.0 Å². The Labute approximate surface area is 99.0 Å². The van der Waals surface area contributed by atoms with Crippen molar-refractivity contribution in [3.05, 3.63) is 40.3 Å². The van der Waals surface area contributed by atoms with Crippen LogP contribution in [0.25, 0.3) is 10.4 Å². The fourth-order valence-corrected chi connectivity index (χ4v) is 2.82. The van der Waals surface area contributed by atoms with Crippen molar-refractivity contribution in [3.8, 4) is 16.5 Å². The molecule has 0 aliphatic rings. The summed E-state index contributed by atoms with van der Waals surface area (Å²) in [6, 6.07) is 9.69. The average molecular weight is 228 g/mol. The Bertz CT molecular complexity index is 576. The van der Waals surface area contributed by atoms with Crippen molar-refractivity contribution in [2.24, 2.45) is 0 Å². The number of nitrogens with two attached hydrogens (primary N) is 1. The van der Waals surface area contributed by atoms with Crippen LogP contribution in [0.5, 0.6) is 0 Å². The molecule has 0 fully saturated rings. The maximum atomic E-state index is 8.78. The number of thiophene rings is 1. The van der Waals surface area contributed by atoms with E-state index in [1.54, 1.807) is 23.5 Å². The molecule has 0 amide bonds. The lowest BCUT2D eigenvalue weighted by Gasteiger charge is -2.04. The topological polar surface area (TPSA) is 49.8 Å². The molecule has 0 radical (unpaired) electrons. The van der Waals surface area contributed by atoms with Gasteiger partial charge in [-0.05, 0) is 37.6 Å². The van der Waals surface area contributed by atoms with Crippen LogP contribution in [-0.2, 0) is 0 Å². The van der Waals surface area contributed by atoms with Crippen LogP contribution in [0.1, 0.15) is 16.0 Å². The van der Waals surface area contributed by atoms with Gasteiger partial charge in [0.2, 0.25) is 0 Å². The monoisotopic (exact) mass is 228 g/mol. The van der Waals surface area contributed by atoms with Gasteiger partial charge < -0.3 is 5.73 Å². The molecule has 3 heteroatoms. The van der Waals surface area contributed by atoms with E-state index in [4.69, 9.17) is 11.0 Å². The standard InChI is InChI=1S/C13H12N2S/c1-8-5-9(2)16-13(8)11-4-3-10(7-14)6-12(11)15/h3-6H,15H2,1-2H3. The van der Waals surface area contributed by atoms with Gasteiger partial charge in [-0.2, -0.15) is 5.26 Å². The second-order valence-electron chi connectivity index (χ2n) is 3.78. The van der Waals surface area contributed by atoms with E-state index in [2.05, 4.69) is 26.0 Å². The summed E-state index contributed by atoms with van der Waals surface area (Å²) >= 11 is 1.73. The predicted molar refractivity (Wildman–Crippen MR) is 68.4 cm³/mol. The molecule has 1 aromatic heterocycles. The van der Waals surface area contributed by atoms with E-state index < -0.39 is 0 Å². The third-order valence-corrected chi connectivity index (χ3v) is 3.65. The third-order valence-electron chi connectivity index (χ3n) is 2.47. The predicted octanol–water partition coefficient (Wildman–Crippen LogP) is 3.49. The molecule has 2 aromatic rings. The van der Waals surface area contributed by atoms with Crippen molar-refractivity contribution in [2.45, 2.75) is 13.8 Å². The smallest absolute Gasteiger partial charge is 0.0992 e. The number of benzene rings is 1. The van der Waals surface area contributed by atoms with Gasteiger partial charge in [0.1, 0.15) is 0 Å². The van der Waals surface area contributed by atoms with Crippen LogP contribution in [0.2, 0.25) is 0 Å². The number of nitrogen functional groups attached to an aromatic ring is 1. The van der Waals surface area contributed by atoms with E-state index in [-0.39, 0.29) is 0 Å². The van der Waals surface area contributed by atoms with E-state index in [0.717, 1.165) is 5.56 Å². The highest BCUT2D eigenvalue weighted by molar-refractivity contribution is 7.15. The third kappa shape index (κ3) is 1.80. The molecular formula is C13H12N2S. The van der Waals surface area contributed by atoms with Crippen LogP contribution >= 0.6 is 11.3 Å². The van der Waals surface area contributed by atoms with Crippen molar-refractivity contribution in [3.63, 3.8) is 0 Å². The van der Waals surface area contributed by atoms with Gasteiger partial charge in [-0.25, -0.2) is 0 Å². The molecule has 2 N–H and O–H groups in total. The van der Waals surface area contributed by atoms with Crippen molar-refractivity contribution in [1.29, 1.82) is 5.26 Å². The lowest BCUT2D eigenvalue weighted by atomic mass is 10.1. The number of anilines is 1. The first-order valence-corrected chi connectivity index (χ1v) is 5.80. The average Bonchev–Trinajstić information content (AvgIpc) is 2.57. The summed E-state index contributed by atoms with van der Waals surface area (Å²) in [5, 5.41) is 8.78. The molecule has 0 atom stereocenters. The number of hydrogen-bond donors (Lipinski definition) is 1. The Morgan fingerprint density at radius 3 is 2.50 bits per heavy atom. The molecule has 0 bridgehead atoms. The molecule has 16 heavy (non-hydrogen) atoms. The van der Waals surface area contributed by atoms with E-state index in [9.17, 15) is 0 Å². The molecule has 0 unspecified atom stereocenters. The van der Waals surface area contributed by atoms with Crippen LogP contribution < -0.4 is 5.73 Å². The van der Waals surface area contributed by atoms with Crippen LogP contribution in [-0.4, -0.2) is 0 Å². The second-order valence-corrected chi connectivity index (χ2v) is 5.04. The first-order valence-electron chi connectivity index (χ1n) is 4.99. The van der Waals surface area contributed by atoms with Crippen LogP contribution in [0.15, 0.2) is 24.3 Å². The molecule has 0 saturated heterocycles. The molecule has 2 rings (SSSR count). The van der Waals surface area contributed by atoms with Crippen LogP contribution in [0.4, 0.5) is 5.69 Å². The summed E-state index contributed by atoms with van der Waals surface area (Å²) in [4.78, 5) is 2.47. The van der Waals surface area contributed by atoms with Gasteiger partial charge in [-0.3, -0.25) is 0 Å². The van der Waals surface area contributed by atoms with Crippen molar-refractivity contribution < 1.29 is 0 Å². The highest BCUT2D eigenvalue weighted by Crippen LogP contribution is 2.35. The zero-order valence-corrected chi connectivity index (χ0v) is 10.1. The van der Waals surface area contributed by atoms with E-state index in [0.29, 0.717) is 11.3 Å². The number of rotatable bonds is 1. The minimum Gasteiger partial charge on any atom is -0.398 e. The first kappa shape index (κ1) is 10.7. The van der Waals surface area contributed by atoms with E-state index in [1.165, 1.54) is 15.3 Å². The molecule has 0 aliphatic carbocycles. The molecule has 0 saturated carbocycles. The SMILES string of the molecule is Cc1cc(C)c(-c2ccc(C#N)cc2N)s1. The summed E-state index contributed by atoms with van der Waals surface area (Å²) in [7, 11) is 0. The van der Waals surface area contributed by atoms with Gasteiger partial charge >= 0.3 is 0 Å². The number of nitriles is 1. The van der Waals surface area contributed by atoms with E-state index >= 15 is 0 Å². The molecule has 2 nitrogen and oxygen atoms in total. The minimum atomic E-state index is 0.604. The van der Waals surface area contributed by atoms with Gasteiger partial charge in [0.05, 0.1) is 11.6 Å². The van der Waals surface area contributed by atoms with Crippen LogP contribution in [0.3, 0.4) is 0 Å². The summed E-state index contributed by atoms with van der Waals surface area (Å²) < 4.78 is 0. The van der Waals surface area contributed by atoms with Gasteiger partial charge in [0.25, 0.3) is 0 Å². The number of aryl methyl sites for hydroxylation is 2. The zero-order chi connectivity index (χ0) is 11.7. The Balaban J connectivity index is 2.57. The molecule has 1 aromatic carbocycles. The minimum absolute atomic E-state index is 0.604. The van der Waals surface area contributed by atoms with Crippen molar-refractivity contribution in [1.82, 2.24) is 0 Å². The van der Waals surface area contributed by atoms with E-state index in [1.807, 2.05) is 6.07 Å². The van der Waals surface area contributed by atoms with Gasteiger partial charge in [0, 0.05) is 21.0 Å². The summed E-state index contributed by atoms with van der Waals surface area (Å²) in [6.07, 6.45) is 0. The van der Waals surface area contributed by atoms with Crippen LogP contribution in [0, 0.1) is 25.2 Å². The summed E-state index contributed by atoms with van der Waals surface area (Å²) in [6.45, 7) is 4.16. The van der Waals surface area contributed by atoms with Crippen molar-refractivity contribution in [2.75, 3.05) is 5.73 Å². The molecule has 80 valence electrons. The molecule has 0 aliphatic heterocycles. The summed E-state index contributed by atoms with van der Waals surface area (Å²) in [5.41, 5.74) is 9.49. The number of nitrogens with zero attached hydrogens (tertiary/aromatic N) is 1. The first-order chi connectivity index (χ1) is 7.61. The fraction of sp³-hybridized carbons (Fsp3) is 0.154. The molecule has 1 heterocycles. The Morgan fingerprint density at radius 1 is 1.25 bits per heavy atom. The fourth-order valence-electron chi connectivity index (χ4n) is 1.75. The quantitative estimate of drug-likeness (QED) is 0.759. The maximum Gasteiger partial charge on any atom is 0.0992 e. The van der Waals surface area contributed by atoms with Gasteiger partial charge in [0.15, 0.2) is 0 Å². The highest BCUT2D eigenvalue weighted by Gasteiger charge is 2.09. The van der Waals surface area contributed by atoms with Gasteiger partial charge in [-0.15, -0.1) is 11.3 Å². The lowest BCUT2D eigenvalue weighted by molar-refractivity contribution is 1.47. The molecular weight excluding hydrogens is 216 g/mol. The lowest BCUT2D eigenvalue weighted by Crippen LogP contribution is -1.90. The normalized spacial score (nSPS) is 10.1. The highest BCUT2D eigenvalue weighted by atomic mass is 32.1. The molecule has 0 spiro atoms. The zero-order valence-electron chi connectivity index (χ0n) is 9.24. The number of hydrogen-bond acceptors (Lipinski definition) is 3.